The molecule has 0 fully saturated rings. The lowest BCUT2D eigenvalue weighted by Crippen LogP contribution is -2.19. The standard InChI is InChI=1S/C10H11BrFNO2/c1-10(2,6-11)7-3-4-8(12)9(5-7)13(14)15/h3-5H,6H2,1-2H3. The average molecular weight is 276 g/mol. The Labute approximate surface area is 95.6 Å². The third-order valence-electron chi connectivity index (χ3n) is 2.26. The summed E-state index contributed by atoms with van der Waals surface area (Å²) in [5.74, 6) is -0.797. The maximum atomic E-state index is 13.1. The second-order valence-corrected chi connectivity index (χ2v) is 4.50. The molecule has 1 aromatic rings. The summed E-state index contributed by atoms with van der Waals surface area (Å²) in [7, 11) is 0. The molecule has 0 unspecified atom stereocenters. The second-order valence-electron chi connectivity index (χ2n) is 3.94. The molecule has 0 aliphatic carbocycles. The van der Waals surface area contributed by atoms with E-state index in [1.807, 2.05) is 13.8 Å². The summed E-state index contributed by atoms with van der Waals surface area (Å²) in [5.41, 5.74) is 0.0207. The summed E-state index contributed by atoms with van der Waals surface area (Å²) in [4.78, 5) is 9.84. The topological polar surface area (TPSA) is 43.1 Å². The minimum atomic E-state index is -0.797. The fraction of sp³-hybridized carbons (Fsp3) is 0.400. The highest BCUT2D eigenvalue weighted by atomic mass is 79.9. The highest BCUT2D eigenvalue weighted by Gasteiger charge is 2.23. The van der Waals surface area contributed by atoms with E-state index in [0.717, 1.165) is 11.6 Å². The maximum Gasteiger partial charge on any atom is 0.305 e. The first-order valence-electron chi connectivity index (χ1n) is 4.39. The van der Waals surface area contributed by atoms with E-state index in [2.05, 4.69) is 15.9 Å². The SMILES string of the molecule is CC(C)(CBr)c1ccc(F)c([N+](=O)[O-])c1. The van der Waals surface area contributed by atoms with Gasteiger partial charge in [0.05, 0.1) is 4.92 Å². The van der Waals surface area contributed by atoms with Crippen LogP contribution in [0.3, 0.4) is 0 Å². The van der Waals surface area contributed by atoms with E-state index < -0.39 is 16.4 Å². The minimum absolute atomic E-state index is 0.252. The molecule has 5 heteroatoms. The van der Waals surface area contributed by atoms with Crippen LogP contribution in [0.2, 0.25) is 0 Å². The summed E-state index contributed by atoms with van der Waals surface area (Å²) in [6.07, 6.45) is 0. The van der Waals surface area contributed by atoms with Crippen molar-refractivity contribution in [2.45, 2.75) is 19.3 Å². The first kappa shape index (κ1) is 12.1. The number of halogens is 2. The lowest BCUT2D eigenvalue weighted by Gasteiger charge is -2.21. The van der Waals surface area contributed by atoms with Gasteiger partial charge >= 0.3 is 5.69 Å². The molecule has 0 atom stereocenters. The van der Waals surface area contributed by atoms with E-state index in [9.17, 15) is 14.5 Å². The molecule has 0 heterocycles. The zero-order chi connectivity index (χ0) is 11.6. The predicted octanol–water partition coefficient (Wildman–Crippen LogP) is 3.41. The molecule has 0 N–H and O–H groups in total. The summed E-state index contributed by atoms with van der Waals surface area (Å²) < 4.78 is 13.1. The fourth-order valence-corrected chi connectivity index (χ4v) is 1.47. The Morgan fingerprint density at radius 2 is 2.13 bits per heavy atom. The fourth-order valence-electron chi connectivity index (χ4n) is 1.15. The Morgan fingerprint density at radius 3 is 2.60 bits per heavy atom. The number of benzene rings is 1. The average Bonchev–Trinajstić information content (AvgIpc) is 2.17. The van der Waals surface area contributed by atoms with Gasteiger partial charge in [0.2, 0.25) is 5.82 Å². The summed E-state index contributed by atoms with van der Waals surface area (Å²) in [5, 5.41) is 11.2. The zero-order valence-electron chi connectivity index (χ0n) is 8.46. The van der Waals surface area contributed by atoms with E-state index in [-0.39, 0.29) is 5.41 Å². The predicted molar refractivity (Wildman–Crippen MR) is 59.9 cm³/mol. The Balaban J connectivity index is 3.25. The molecular formula is C10H11BrFNO2. The van der Waals surface area contributed by atoms with Crippen molar-refractivity contribution < 1.29 is 9.31 Å². The van der Waals surface area contributed by atoms with Gasteiger partial charge in [-0.2, -0.15) is 4.39 Å². The molecule has 0 saturated carbocycles. The van der Waals surface area contributed by atoms with Crippen LogP contribution in [-0.4, -0.2) is 10.3 Å². The van der Waals surface area contributed by atoms with Crippen LogP contribution in [0, 0.1) is 15.9 Å². The molecule has 0 radical (unpaired) electrons. The van der Waals surface area contributed by atoms with Gasteiger partial charge in [-0.15, -0.1) is 0 Å². The molecule has 0 amide bonds. The number of rotatable bonds is 3. The monoisotopic (exact) mass is 275 g/mol. The zero-order valence-corrected chi connectivity index (χ0v) is 10.0. The smallest absolute Gasteiger partial charge is 0.258 e. The van der Waals surface area contributed by atoms with E-state index >= 15 is 0 Å². The Kier molecular flexibility index (Phi) is 3.44. The first-order chi connectivity index (χ1) is 6.88. The van der Waals surface area contributed by atoms with Crippen LogP contribution in [0.25, 0.3) is 0 Å². The van der Waals surface area contributed by atoms with Crippen molar-refractivity contribution in [3.63, 3.8) is 0 Å². The molecule has 0 saturated heterocycles. The number of nitro benzene ring substituents is 1. The first-order valence-corrected chi connectivity index (χ1v) is 5.51. The highest BCUT2D eigenvalue weighted by Crippen LogP contribution is 2.29. The van der Waals surface area contributed by atoms with Crippen molar-refractivity contribution in [2.24, 2.45) is 0 Å². The molecule has 0 aliphatic rings. The van der Waals surface area contributed by atoms with Crippen molar-refractivity contribution in [1.29, 1.82) is 0 Å². The van der Waals surface area contributed by atoms with Crippen LogP contribution in [0.4, 0.5) is 10.1 Å². The molecule has 1 aromatic carbocycles. The van der Waals surface area contributed by atoms with E-state index in [0.29, 0.717) is 5.33 Å². The Bertz CT molecular complexity index is 393. The molecule has 3 nitrogen and oxygen atoms in total. The third-order valence-corrected chi connectivity index (χ3v) is 3.66. The van der Waals surface area contributed by atoms with Crippen LogP contribution in [0.1, 0.15) is 19.4 Å². The molecule has 0 aliphatic heterocycles. The van der Waals surface area contributed by atoms with Gasteiger partial charge in [-0.25, -0.2) is 0 Å². The van der Waals surface area contributed by atoms with Crippen LogP contribution >= 0.6 is 15.9 Å². The number of nitrogens with zero attached hydrogens (tertiary/aromatic N) is 1. The number of alkyl halides is 1. The van der Waals surface area contributed by atoms with Crippen LogP contribution in [0.5, 0.6) is 0 Å². The van der Waals surface area contributed by atoms with Gasteiger partial charge in [0.15, 0.2) is 0 Å². The van der Waals surface area contributed by atoms with Gasteiger partial charge in [0.25, 0.3) is 0 Å². The summed E-state index contributed by atoms with van der Waals surface area (Å²) >= 11 is 3.32. The number of nitro groups is 1. The lowest BCUT2D eigenvalue weighted by atomic mass is 9.87. The Morgan fingerprint density at radius 1 is 1.53 bits per heavy atom. The quantitative estimate of drug-likeness (QED) is 0.482. The second kappa shape index (κ2) is 4.26. The van der Waals surface area contributed by atoms with Crippen molar-refractivity contribution in [3.8, 4) is 0 Å². The molecule has 82 valence electrons. The normalized spacial score (nSPS) is 11.5. The lowest BCUT2D eigenvalue weighted by molar-refractivity contribution is -0.387. The van der Waals surface area contributed by atoms with Crippen LogP contribution in [-0.2, 0) is 5.41 Å². The molecule has 1 rings (SSSR count). The van der Waals surface area contributed by atoms with Gasteiger partial charge in [0.1, 0.15) is 0 Å². The van der Waals surface area contributed by atoms with Crippen molar-refractivity contribution in [1.82, 2.24) is 0 Å². The van der Waals surface area contributed by atoms with Crippen LogP contribution in [0.15, 0.2) is 18.2 Å². The Hall–Kier alpha value is -0.970. The molecule has 15 heavy (non-hydrogen) atoms. The van der Waals surface area contributed by atoms with Gasteiger partial charge in [-0.05, 0) is 17.0 Å². The minimum Gasteiger partial charge on any atom is -0.258 e. The third kappa shape index (κ3) is 2.53. The molecule has 0 bridgehead atoms. The van der Waals surface area contributed by atoms with Gasteiger partial charge in [0, 0.05) is 11.4 Å². The van der Waals surface area contributed by atoms with Crippen molar-refractivity contribution >= 4 is 21.6 Å². The van der Waals surface area contributed by atoms with Crippen molar-refractivity contribution in [3.05, 3.63) is 39.7 Å². The van der Waals surface area contributed by atoms with E-state index in [1.54, 1.807) is 6.07 Å². The van der Waals surface area contributed by atoms with E-state index in [4.69, 9.17) is 0 Å². The summed E-state index contributed by atoms with van der Waals surface area (Å²) in [6, 6.07) is 4.00. The van der Waals surface area contributed by atoms with Gasteiger partial charge in [-0.3, -0.25) is 10.1 Å². The molecule has 0 aromatic heterocycles. The van der Waals surface area contributed by atoms with Gasteiger partial charge < -0.3 is 0 Å². The molecule has 0 spiro atoms. The summed E-state index contributed by atoms with van der Waals surface area (Å²) in [6.45, 7) is 3.86. The van der Waals surface area contributed by atoms with E-state index in [1.165, 1.54) is 6.07 Å². The van der Waals surface area contributed by atoms with Crippen molar-refractivity contribution in [2.75, 3.05) is 5.33 Å². The van der Waals surface area contributed by atoms with Gasteiger partial charge in [-0.1, -0.05) is 35.8 Å². The van der Waals surface area contributed by atoms with Crippen LogP contribution < -0.4 is 0 Å². The molecular weight excluding hydrogens is 265 g/mol. The maximum absolute atomic E-state index is 13.1. The largest absolute Gasteiger partial charge is 0.305 e. The highest BCUT2D eigenvalue weighted by molar-refractivity contribution is 9.09. The number of hydrogen-bond donors (Lipinski definition) is 0. The number of hydrogen-bond acceptors (Lipinski definition) is 2.